The number of carbonyl (C=O) groups is 1. The van der Waals surface area contributed by atoms with Gasteiger partial charge in [-0.15, -0.1) is 0 Å². The number of anilines is 2. The third kappa shape index (κ3) is 4.16. The van der Waals surface area contributed by atoms with Crippen molar-refractivity contribution in [2.45, 2.75) is 26.8 Å². The Morgan fingerprint density at radius 2 is 2.04 bits per heavy atom. The summed E-state index contributed by atoms with van der Waals surface area (Å²) in [5.74, 6) is 2.43. The SMILES string of the molecule is CC(C)CC(=O)Nc1ccc(NCc2ccc3c(c2)OCO3)cn1. The number of nitrogens with one attached hydrogen (secondary N) is 2. The van der Waals surface area contributed by atoms with Crippen LogP contribution in [0.1, 0.15) is 25.8 Å². The first kappa shape index (κ1) is 16.1. The van der Waals surface area contributed by atoms with Crippen molar-refractivity contribution in [2.24, 2.45) is 5.92 Å². The van der Waals surface area contributed by atoms with Gasteiger partial charge in [-0.3, -0.25) is 4.79 Å². The van der Waals surface area contributed by atoms with Gasteiger partial charge in [0.05, 0.1) is 11.9 Å². The fourth-order valence-electron chi connectivity index (χ4n) is 2.39. The van der Waals surface area contributed by atoms with Crippen LogP contribution in [0.2, 0.25) is 0 Å². The number of aromatic nitrogens is 1. The van der Waals surface area contributed by atoms with E-state index in [0.29, 0.717) is 24.7 Å². The van der Waals surface area contributed by atoms with Crippen molar-refractivity contribution in [1.82, 2.24) is 4.98 Å². The van der Waals surface area contributed by atoms with E-state index in [9.17, 15) is 4.79 Å². The molecule has 2 aromatic rings. The second-order valence-electron chi connectivity index (χ2n) is 6.12. The number of ether oxygens (including phenoxy) is 2. The zero-order valence-electron chi connectivity index (χ0n) is 13.8. The number of benzene rings is 1. The van der Waals surface area contributed by atoms with E-state index >= 15 is 0 Å². The fraction of sp³-hybridized carbons (Fsp3) is 0.333. The minimum atomic E-state index is -0.0152. The number of hydrogen-bond acceptors (Lipinski definition) is 5. The summed E-state index contributed by atoms with van der Waals surface area (Å²) in [5.41, 5.74) is 1.98. The molecule has 1 aromatic heterocycles. The third-order valence-electron chi connectivity index (χ3n) is 3.56. The van der Waals surface area contributed by atoms with Gasteiger partial charge in [0.2, 0.25) is 12.7 Å². The summed E-state index contributed by atoms with van der Waals surface area (Å²) < 4.78 is 10.7. The zero-order valence-corrected chi connectivity index (χ0v) is 13.8. The first-order chi connectivity index (χ1) is 11.6. The maximum atomic E-state index is 11.7. The molecule has 0 saturated heterocycles. The Hall–Kier alpha value is -2.76. The normalized spacial score (nSPS) is 12.3. The summed E-state index contributed by atoms with van der Waals surface area (Å²) in [5, 5.41) is 6.09. The van der Waals surface area contributed by atoms with Crippen LogP contribution in [0.15, 0.2) is 36.5 Å². The second kappa shape index (κ2) is 7.21. The van der Waals surface area contributed by atoms with E-state index in [4.69, 9.17) is 9.47 Å². The van der Waals surface area contributed by atoms with Crippen LogP contribution < -0.4 is 20.1 Å². The number of pyridine rings is 1. The van der Waals surface area contributed by atoms with Gasteiger partial charge in [0.15, 0.2) is 11.5 Å². The van der Waals surface area contributed by atoms with Crippen molar-refractivity contribution in [2.75, 3.05) is 17.4 Å². The molecule has 126 valence electrons. The van der Waals surface area contributed by atoms with Crippen molar-refractivity contribution < 1.29 is 14.3 Å². The van der Waals surface area contributed by atoms with Crippen LogP contribution >= 0.6 is 0 Å². The van der Waals surface area contributed by atoms with Crippen molar-refractivity contribution in [1.29, 1.82) is 0 Å². The number of rotatable bonds is 6. The van der Waals surface area contributed by atoms with Crippen LogP contribution in [0.3, 0.4) is 0 Å². The summed E-state index contributed by atoms with van der Waals surface area (Å²) in [7, 11) is 0. The Morgan fingerprint density at radius 3 is 2.79 bits per heavy atom. The Kier molecular flexibility index (Phi) is 4.84. The molecular formula is C18H21N3O3. The molecule has 6 heteroatoms. The molecule has 0 fully saturated rings. The molecule has 0 radical (unpaired) electrons. The summed E-state index contributed by atoms with van der Waals surface area (Å²) in [6, 6.07) is 9.55. The van der Waals surface area contributed by atoms with E-state index in [0.717, 1.165) is 22.7 Å². The lowest BCUT2D eigenvalue weighted by atomic mass is 10.1. The number of nitrogens with zero attached hydrogens (tertiary/aromatic N) is 1. The van der Waals surface area contributed by atoms with Gasteiger partial charge in [-0.05, 0) is 35.7 Å². The topological polar surface area (TPSA) is 72.5 Å². The number of amides is 1. The van der Waals surface area contributed by atoms with E-state index in [2.05, 4.69) is 15.6 Å². The minimum absolute atomic E-state index is 0.0152. The van der Waals surface area contributed by atoms with Crippen LogP contribution in [-0.4, -0.2) is 17.7 Å². The number of carbonyl (C=O) groups excluding carboxylic acids is 1. The maximum absolute atomic E-state index is 11.7. The number of fused-ring (bicyclic) bond motifs is 1. The predicted molar refractivity (Wildman–Crippen MR) is 92.2 cm³/mol. The van der Waals surface area contributed by atoms with Gasteiger partial charge >= 0.3 is 0 Å². The quantitative estimate of drug-likeness (QED) is 0.850. The first-order valence-corrected chi connectivity index (χ1v) is 7.98. The average molecular weight is 327 g/mol. The van der Waals surface area contributed by atoms with Crippen LogP contribution in [0.5, 0.6) is 11.5 Å². The van der Waals surface area contributed by atoms with Crippen LogP contribution in [0, 0.1) is 5.92 Å². The Labute approximate surface area is 141 Å². The van der Waals surface area contributed by atoms with Gasteiger partial charge < -0.3 is 20.1 Å². The molecule has 1 aromatic carbocycles. The lowest BCUT2D eigenvalue weighted by Gasteiger charge is -2.09. The molecule has 0 bridgehead atoms. The van der Waals surface area contributed by atoms with Crippen LogP contribution in [-0.2, 0) is 11.3 Å². The molecule has 0 atom stereocenters. The molecule has 2 heterocycles. The van der Waals surface area contributed by atoms with Gasteiger partial charge in [0, 0.05) is 13.0 Å². The van der Waals surface area contributed by atoms with Crippen molar-refractivity contribution in [3.63, 3.8) is 0 Å². The molecule has 24 heavy (non-hydrogen) atoms. The molecule has 6 nitrogen and oxygen atoms in total. The van der Waals surface area contributed by atoms with Crippen LogP contribution in [0.4, 0.5) is 11.5 Å². The monoisotopic (exact) mass is 327 g/mol. The van der Waals surface area contributed by atoms with Gasteiger partial charge in [-0.2, -0.15) is 0 Å². The van der Waals surface area contributed by atoms with Gasteiger partial charge in [-0.1, -0.05) is 19.9 Å². The number of hydrogen-bond donors (Lipinski definition) is 2. The molecule has 0 aliphatic carbocycles. The lowest BCUT2D eigenvalue weighted by Crippen LogP contribution is -2.14. The Morgan fingerprint density at radius 1 is 1.21 bits per heavy atom. The highest BCUT2D eigenvalue weighted by molar-refractivity contribution is 5.89. The van der Waals surface area contributed by atoms with Gasteiger partial charge in [0.25, 0.3) is 0 Å². The standard InChI is InChI=1S/C18H21N3O3/c1-12(2)7-18(22)21-17-6-4-14(10-20-17)19-9-13-3-5-15-16(8-13)24-11-23-15/h3-6,8,10,12,19H,7,9,11H2,1-2H3,(H,20,21,22). The summed E-state index contributed by atoms with van der Waals surface area (Å²) in [4.78, 5) is 16.0. The van der Waals surface area contributed by atoms with Crippen molar-refractivity contribution in [3.8, 4) is 11.5 Å². The molecule has 0 saturated carbocycles. The summed E-state index contributed by atoms with van der Waals surface area (Å²) in [6.07, 6.45) is 2.20. The smallest absolute Gasteiger partial charge is 0.231 e. The molecule has 1 amide bonds. The summed E-state index contributed by atoms with van der Waals surface area (Å²) in [6.45, 7) is 4.95. The first-order valence-electron chi connectivity index (χ1n) is 7.98. The minimum Gasteiger partial charge on any atom is -0.454 e. The Bertz CT molecular complexity index is 714. The molecule has 1 aliphatic heterocycles. The molecule has 1 aliphatic rings. The van der Waals surface area contributed by atoms with E-state index in [1.807, 2.05) is 38.1 Å². The van der Waals surface area contributed by atoms with E-state index in [1.165, 1.54) is 0 Å². The molecular weight excluding hydrogens is 306 g/mol. The highest BCUT2D eigenvalue weighted by Gasteiger charge is 2.13. The molecule has 3 rings (SSSR count). The van der Waals surface area contributed by atoms with E-state index < -0.39 is 0 Å². The van der Waals surface area contributed by atoms with Crippen LogP contribution in [0.25, 0.3) is 0 Å². The third-order valence-corrected chi connectivity index (χ3v) is 3.56. The van der Waals surface area contributed by atoms with E-state index in [-0.39, 0.29) is 12.7 Å². The lowest BCUT2D eigenvalue weighted by molar-refractivity contribution is -0.116. The highest BCUT2D eigenvalue weighted by atomic mass is 16.7. The Balaban J connectivity index is 1.53. The van der Waals surface area contributed by atoms with Crippen molar-refractivity contribution >= 4 is 17.4 Å². The van der Waals surface area contributed by atoms with Gasteiger partial charge in [-0.25, -0.2) is 4.98 Å². The largest absolute Gasteiger partial charge is 0.454 e. The summed E-state index contributed by atoms with van der Waals surface area (Å²) >= 11 is 0. The predicted octanol–water partition coefficient (Wildman–Crippen LogP) is 3.41. The zero-order chi connectivity index (χ0) is 16.9. The average Bonchev–Trinajstić information content (AvgIpc) is 3.01. The fourth-order valence-corrected chi connectivity index (χ4v) is 2.39. The molecule has 2 N–H and O–H groups in total. The highest BCUT2D eigenvalue weighted by Crippen LogP contribution is 2.32. The van der Waals surface area contributed by atoms with Crippen molar-refractivity contribution in [3.05, 3.63) is 42.1 Å². The second-order valence-corrected chi connectivity index (χ2v) is 6.12. The maximum Gasteiger partial charge on any atom is 0.231 e. The van der Waals surface area contributed by atoms with Gasteiger partial charge in [0.1, 0.15) is 5.82 Å². The molecule has 0 spiro atoms. The molecule has 0 unspecified atom stereocenters. The van der Waals surface area contributed by atoms with E-state index in [1.54, 1.807) is 12.3 Å².